The third kappa shape index (κ3) is 5.00. The zero-order valence-corrected chi connectivity index (χ0v) is 17.4. The van der Waals surface area contributed by atoms with Crippen molar-refractivity contribution in [1.29, 1.82) is 0 Å². The summed E-state index contributed by atoms with van der Waals surface area (Å²) in [5.74, 6) is -0.00576. The van der Waals surface area contributed by atoms with Crippen molar-refractivity contribution in [2.24, 2.45) is 11.8 Å². The minimum Gasteiger partial charge on any atom is -0.497 e. The van der Waals surface area contributed by atoms with Gasteiger partial charge in [0.15, 0.2) is 0 Å². The smallest absolute Gasteiger partial charge is 0.243 e. The van der Waals surface area contributed by atoms with Crippen LogP contribution >= 0.6 is 0 Å². The lowest BCUT2D eigenvalue weighted by molar-refractivity contribution is -0.132. The van der Waals surface area contributed by atoms with Crippen LogP contribution in [0.5, 0.6) is 5.75 Å². The number of carbonyl (C=O) groups excluding carboxylic acids is 3. The van der Waals surface area contributed by atoms with Gasteiger partial charge in [-0.25, -0.2) is 0 Å². The fraction of sp³-hybridized carbons (Fsp3) is 0.409. The number of nitrogens with zero attached hydrogens (tertiary/aromatic N) is 1. The highest BCUT2D eigenvalue weighted by atomic mass is 16.5. The minimum atomic E-state index is -0.697. The van der Waals surface area contributed by atoms with Crippen LogP contribution in [0.1, 0.15) is 26.0 Å². The van der Waals surface area contributed by atoms with Crippen LogP contribution in [0, 0.1) is 11.8 Å². The maximum atomic E-state index is 12.8. The standard InChI is InChI=1S/C22H27N3O5/c1-14(2)20(22(28)23-12-18-5-4-10-30-18)24-21(27)15-11-19(26)25(13-15)16-6-8-17(29-3)9-7-16/h4-10,14-15,20H,11-13H2,1-3H3,(H,23,28)(H,24,27)/t15?,20-/m0/s1. The molecule has 2 N–H and O–H groups in total. The lowest BCUT2D eigenvalue weighted by atomic mass is 10.0. The van der Waals surface area contributed by atoms with Crippen LogP contribution in [0.3, 0.4) is 0 Å². The highest BCUT2D eigenvalue weighted by Gasteiger charge is 2.37. The van der Waals surface area contributed by atoms with E-state index in [0.29, 0.717) is 17.2 Å². The lowest BCUT2D eigenvalue weighted by Gasteiger charge is -2.23. The van der Waals surface area contributed by atoms with Gasteiger partial charge < -0.3 is 24.7 Å². The first-order valence-electron chi connectivity index (χ1n) is 9.94. The van der Waals surface area contributed by atoms with Crippen LogP contribution in [-0.2, 0) is 20.9 Å². The number of anilines is 1. The van der Waals surface area contributed by atoms with E-state index in [1.54, 1.807) is 48.4 Å². The molecule has 8 nitrogen and oxygen atoms in total. The average Bonchev–Trinajstić information content (AvgIpc) is 3.39. The van der Waals surface area contributed by atoms with Crippen molar-refractivity contribution in [2.45, 2.75) is 32.9 Å². The van der Waals surface area contributed by atoms with Crippen LogP contribution in [0.4, 0.5) is 5.69 Å². The summed E-state index contributed by atoms with van der Waals surface area (Å²) in [5, 5.41) is 5.60. The predicted octanol–water partition coefficient (Wildman–Crippen LogP) is 2.10. The van der Waals surface area contributed by atoms with Crippen molar-refractivity contribution in [3.05, 3.63) is 48.4 Å². The van der Waals surface area contributed by atoms with Crippen molar-refractivity contribution in [1.82, 2.24) is 10.6 Å². The van der Waals surface area contributed by atoms with Crippen molar-refractivity contribution in [3.63, 3.8) is 0 Å². The van der Waals surface area contributed by atoms with E-state index < -0.39 is 12.0 Å². The molecule has 1 saturated heterocycles. The SMILES string of the molecule is COc1ccc(N2CC(C(=O)N[C@H](C(=O)NCc3ccco3)C(C)C)CC2=O)cc1. The summed E-state index contributed by atoms with van der Waals surface area (Å²) in [4.78, 5) is 39.4. The molecular formula is C22H27N3O5. The molecule has 8 heteroatoms. The van der Waals surface area contributed by atoms with Gasteiger partial charge in [0.1, 0.15) is 17.6 Å². The van der Waals surface area contributed by atoms with E-state index in [0.717, 1.165) is 0 Å². The zero-order chi connectivity index (χ0) is 21.7. The first-order valence-corrected chi connectivity index (χ1v) is 9.94. The molecule has 1 fully saturated rings. The van der Waals surface area contributed by atoms with Gasteiger partial charge in [0.05, 0.1) is 25.8 Å². The van der Waals surface area contributed by atoms with E-state index in [-0.39, 0.29) is 43.1 Å². The van der Waals surface area contributed by atoms with E-state index in [1.807, 2.05) is 13.8 Å². The number of nitrogens with one attached hydrogen (secondary N) is 2. The summed E-state index contributed by atoms with van der Waals surface area (Å²) in [7, 11) is 1.58. The number of ether oxygens (including phenoxy) is 1. The van der Waals surface area contributed by atoms with Gasteiger partial charge >= 0.3 is 0 Å². The lowest BCUT2D eigenvalue weighted by Crippen LogP contribution is -2.51. The Morgan fingerprint density at radius 1 is 1.23 bits per heavy atom. The maximum Gasteiger partial charge on any atom is 0.243 e. The first kappa shape index (κ1) is 21.4. The Bertz CT molecular complexity index is 877. The molecule has 1 aliphatic rings. The molecule has 0 bridgehead atoms. The van der Waals surface area contributed by atoms with Gasteiger partial charge in [-0.05, 0) is 42.3 Å². The van der Waals surface area contributed by atoms with E-state index in [4.69, 9.17) is 9.15 Å². The largest absolute Gasteiger partial charge is 0.497 e. The van der Waals surface area contributed by atoms with Crippen LogP contribution in [0.15, 0.2) is 47.1 Å². The first-order chi connectivity index (χ1) is 14.4. The molecule has 1 aliphatic heterocycles. The number of amides is 3. The summed E-state index contributed by atoms with van der Waals surface area (Å²) in [6, 6.07) is 9.93. The molecule has 1 aromatic carbocycles. The monoisotopic (exact) mass is 413 g/mol. The minimum absolute atomic E-state index is 0.108. The van der Waals surface area contributed by atoms with Gasteiger partial charge in [0.25, 0.3) is 0 Å². The number of methoxy groups -OCH3 is 1. The number of hydrogen-bond acceptors (Lipinski definition) is 5. The Morgan fingerprint density at radius 2 is 1.97 bits per heavy atom. The Morgan fingerprint density at radius 3 is 2.57 bits per heavy atom. The number of rotatable bonds is 8. The maximum absolute atomic E-state index is 12.8. The second-order valence-electron chi connectivity index (χ2n) is 7.63. The Kier molecular flexibility index (Phi) is 6.76. The van der Waals surface area contributed by atoms with Crippen molar-refractivity contribution in [2.75, 3.05) is 18.6 Å². The van der Waals surface area contributed by atoms with Gasteiger partial charge in [-0.15, -0.1) is 0 Å². The van der Waals surface area contributed by atoms with Crippen molar-refractivity contribution in [3.8, 4) is 5.75 Å². The third-order valence-electron chi connectivity index (χ3n) is 5.14. The Balaban J connectivity index is 1.60. The molecule has 2 atom stereocenters. The molecule has 2 heterocycles. The van der Waals surface area contributed by atoms with E-state index in [2.05, 4.69) is 10.6 Å². The summed E-state index contributed by atoms with van der Waals surface area (Å²) < 4.78 is 10.4. The molecule has 1 aromatic heterocycles. The quantitative estimate of drug-likeness (QED) is 0.690. The van der Waals surface area contributed by atoms with Crippen LogP contribution < -0.4 is 20.3 Å². The molecule has 0 saturated carbocycles. The summed E-state index contributed by atoms with van der Waals surface area (Å²) >= 11 is 0. The van der Waals surface area contributed by atoms with Gasteiger partial charge in [-0.1, -0.05) is 13.8 Å². The normalized spacial score (nSPS) is 17.1. The van der Waals surface area contributed by atoms with Crippen molar-refractivity contribution >= 4 is 23.4 Å². The highest BCUT2D eigenvalue weighted by Crippen LogP contribution is 2.27. The Hall–Kier alpha value is -3.29. The van der Waals surface area contributed by atoms with Crippen LogP contribution in [0.25, 0.3) is 0 Å². The van der Waals surface area contributed by atoms with E-state index in [9.17, 15) is 14.4 Å². The number of furan rings is 1. The molecule has 3 rings (SSSR count). The molecule has 2 aromatic rings. The third-order valence-corrected chi connectivity index (χ3v) is 5.14. The summed E-state index contributed by atoms with van der Waals surface area (Å²) in [5.41, 5.74) is 0.715. The fourth-order valence-electron chi connectivity index (χ4n) is 3.40. The van der Waals surface area contributed by atoms with Gasteiger partial charge in [0.2, 0.25) is 17.7 Å². The highest BCUT2D eigenvalue weighted by molar-refractivity contribution is 6.01. The molecule has 1 unspecified atom stereocenters. The average molecular weight is 413 g/mol. The molecule has 3 amide bonds. The van der Waals surface area contributed by atoms with E-state index in [1.165, 1.54) is 6.26 Å². The molecular weight excluding hydrogens is 386 g/mol. The van der Waals surface area contributed by atoms with Crippen LogP contribution in [0.2, 0.25) is 0 Å². The summed E-state index contributed by atoms with van der Waals surface area (Å²) in [6.45, 7) is 4.25. The topological polar surface area (TPSA) is 101 Å². The number of benzene rings is 1. The molecule has 0 aliphatic carbocycles. The van der Waals surface area contributed by atoms with Gasteiger partial charge in [0, 0.05) is 18.7 Å². The van der Waals surface area contributed by atoms with Crippen molar-refractivity contribution < 1.29 is 23.5 Å². The van der Waals surface area contributed by atoms with E-state index >= 15 is 0 Å². The van der Waals surface area contributed by atoms with Gasteiger partial charge in [-0.3, -0.25) is 14.4 Å². The molecule has 0 spiro atoms. The van der Waals surface area contributed by atoms with Gasteiger partial charge in [-0.2, -0.15) is 0 Å². The molecule has 30 heavy (non-hydrogen) atoms. The molecule has 0 radical (unpaired) electrons. The second-order valence-corrected chi connectivity index (χ2v) is 7.63. The Labute approximate surface area is 175 Å². The zero-order valence-electron chi connectivity index (χ0n) is 17.4. The number of carbonyl (C=O) groups is 3. The predicted molar refractivity (Wildman–Crippen MR) is 111 cm³/mol. The van der Waals surface area contributed by atoms with Crippen LogP contribution in [-0.4, -0.2) is 37.4 Å². The second kappa shape index (κ2) is 9.47. The summed E-state index contributed by atoms with van der Waals surface area (Å²) in [6.07, 6.45) is 1.64. The number of hydrogen-bond donors (Lipinski definition) is 2. The molecule has 160 valence electrons. The fourth-order valence-corrected chi connectivity index (χ4v) is 3.40.